The molecule has 0 aromatic carbocycles. The van der Waals surface area contributed by atoms with Gasteiger partial charge in [0, 0.05) is 32.2 Å². The predicted octanol–water partition coefficient (Wildman–Crippen LogP) is 0.490. The zero-order valence-corrected chi connectivity index (χ0v) is 14.4. The second kappa shape index (κ2) is 6.24. The quantitative estimate of drug-likeness (QED) is 0.796. The summed E-state index contributed by atoms with van der Waals surface area (Å²) < 4.78 is 28.4. The van der Waals surface area contributed by atoms with E-state index in [4.69, 9.17) is 4.52 Å². The van der Waals surface area contributed by atoms with Gasteiger partial charge in [0.2, 0.25) is 0 Å². The molecule has 0 aliphatic carbocycles. The average molecular weight is 341 g/mol. The van der Waals surface area contributed by atoms with Crippen molar-refractivity contribution >= 4 is 15.7 Å². The molecule has 8 heteroatoms. The molecule has 0 bridgehead atoms. The van der Waals surface area contributed by atoms with Gasteiger partial charge < -0.3 is 9.42 Å². The third-order valence-corrected chi connectivity index (χ3v) is 6.56. The van der Waals surface area contributed by atoms with Gasteiger partial charge in [0.15, 0.2) is 9.84 Å². The number of aromatic nitrogens is 1. The molecule has 0 radical (unpaired) electrons. The van der Waals surface area contributed by atoms with Crippen molar-refractivity contribution in [3.63, 3.8) is 0 Å². The summed E-state index contributed by atoms with van der Waals surface area (Å²) in [6, 6.07) is 0.112. The Morgan fingerprint density at radius 1 is 1.30 bits per heavy atom. The van der Waals surface area contributed by atoms with Crippen molar-refractivity contribution in [2.24, 2.45) is 0 Å². The number of sulfone groups is 1. The summed E-state index contributed by atoms with van der Waals surface area (Å²) >= 11 is 0. The molecule has 3 rings (SSSR count). The lowest BCUT2D eigenvalue weighted by Crippen LogP contribution is -2.52. The Morgan fingerprint density at radius 3 is 2.57 bits per heavy atom. The summed E-state index contributed by atoms with van der Waals surface area (Å²) in [4.78, 5) is 16.7. The van der Waals surface area contributed by atoms with Gasteiger partial charge in [-0.25, -0.2) is 8.42 Å². The predicted molar refractivity (Wildman–Crippen MR) is 85.2 cm³/mol. The molecule has 2 aliphatic heterocycles. The van der Waals surface area contributed by atoms with Crippen LogP contribution in [0.1, 0.15) is 35.2 Å². The molecule has 7 nitrogen and oxygen atoms in total. The SMILES string of the molecule is CCc1noc(C)c1C(=O)N1CCN([C@H]2CCS(=O)(=O)C2)CC1. The molecule has 0 spiro atoms. The smallest absolute Gasteiger partial charge is 0.259 e. The Morgan fingerprint density at radius 2 is 2.00 bits per heavy atom. The molecule has 0 unspecified atom stereocenters. The lowest BCUT2D eigenvalue weighted by atomic mass is 10.1. The zero-order chi connectivity index (χ0) is 16.6. The van der Waals surface area contributed by atoms with Gasteiger partial charge in [-0.3, -0.25) is 9.69 Å². The van der Waals surface area contributed by atoms with Crippen molar-refractivity contribution in [1.82, 2.24) is 15.0 Å². The average Bonchev–Trinajstić information content (AvgIpc) is 3.09. The summed E-state index contributed by atoms with van der Waals surface area (Å²) in [5.41, 5.74) is 1.29. The fraction of sp³-hybridized carbons (Fsp3) is 0.733. The maximum atomic E-state index is 12.7. The Balaban J connectivity index is 1.63. The van der Waals surface area contributed by atoms with Crippen LogP contribution >= 0.6 is 0 Å². The molecule has 23 heavy (non-hydrogen) atoms. The van der Waals surface area contributed by atoms with Crippen molar-refractivity contribution in [3.8, 4) is 0 Å². The molecule has 1 aromatic rings. The van der Waals surface area contributed by atoms with Crippen molar-refractivity contribution in [2.75, 3.05) is 37.7 Å². The van der Waals surface area contributed by atoms with Gasteiger partial charge in [-0.1, -0.05) is 12.1 Å². The van der Waals surface area contributed by atoms with Crippen molar-refractivity contribution in [1.29, 1.82) is 0 Å². The van der Waals surface area contributed by atoms with Crippen LogP contribution in [0.15, 0.2) is 4.52 Å². The molecular weight excluding hydrogens is 318 g/mol. The fourth-order valence-corrected chi connectivity index (χ4v) is 5.21. The topological polar surface area (TPSA) is 83.7 Å². The van der Waals surface area contributed by atoms with E-state index in [1.165, 1.54) is 0 Å². The van der Waals surface area contributed by atoms with Crippen LogP contribution in [0, 0.1) is 6.92 Å². The minimum Gasteiger partial charge on any atom is -0.361 e. The van der Waals surface area contributed by atoms with Crippen LogP contribution in [-0.2, 0) is 16.3 Å². The molecule has 2 aliphatic rings. The molecule has 1 aromatic heterocycles. The van der Waals surface area contributed by atoms with Gasteiger partial charge in [0.05, 0.1) is 17.2 Å². The Labute approximate surface area is 136 Å². The Kier molecular flexibility index (Phi) is 4.46. The minimum atomic E-state index is -2.87. The Hall–Kier alpha value is -1.41. The minimum absolute atomic E-state index is 0.0284. The zero-order valence-electron chi connectivity index (χ0n) is 13.6. The van der Waals surface area contributed by atoms with E-state index >= 15 is 0 Å². The van der Waals surface area contributed by atoms with E-state index in [0.29, 0.717) is 42.9 Å². The molecule has 1 amide bonds. The second-order valence-electron chi connectivity index (χ2n) is 6.30. The first-order valence-electron chi connectivity index (χ1n) is 8.10. The summed E-state index contributed by atoms with van der Waals surface area (Å²) in [7, 11) is -2.87. The lowest BCUT2D eigenvalue weighted by Gasteiger charge is -2.37. The molecule has 3 heterocycles. The number of rotatable bonds is 3. The number of nitrogens with zero attached hydrogens (tertiary/aromatic N) is 3. The number of hydrogen-bond acceptors (Lipinski definition) is 6. The van der Waals surface area contributed by atoms with Crippen LogP contribution in [0.4, 0.5) is 0 Å². The van der Waals surface area contributed by atoms with E-state index in [9.17, 15) is 13.2 Å². The van der Waals surface area contributed by atoms with Gasteiger partial charge in [-0.2, -0.15) is 0 Å². The molecule has 2 saturated heterocycles. The number of amides is 1. The van der Waals surface area contributed by atoms with E-state index < -0.39 is 9.84 Å². The van der Waals surface area contributed by atoms with Gasteiger partial charge in [0.25, 0.3) is 5.91 Å². The molecule has 128 valence electrons. The van der Waals surface area contributed by atoms with Crippen LogP contribution in [0.2, 0.25) is 0 Å². The number of aryl methyl sites for hydroxylation is 2. The highest BCUT2D eigenvalue weighted by molar-refractivity contribution is 7.91. The highest BCUT2D eigenvalue weighted by Gasteiger charge is 2.35. The number of hydrogen-bond donors (Lipinski definition) is 0. The first-order chi connectivity index (χ1) is 10.9. The number of carbonyl (C=O) groups excluding carboxylic acids is 1. The van der Waals surface area contributed by atoms with Gasteiger partial charge in [-0.15, -0.1) is 0 Å². The highest BCUT2D eigenvalue weighted by atomic mass is 32.2. The summed E-state index contributed by atoms with van der Waals surface area (Å²) in [6.45, 7) is 6.38. The molecule has 2 fully saturated rings. The summed E-state index contributed by atoms with van der Waals surface area (Å²) in [6.07, 6.45) is 1.37. The van der Waals surface area contributed by atoms with Crippen molar-refractivity contribution in [2.45, 2.75) is 32.7 Å². The number of piperazine rings is 1. The molecule has 0 N–H and O–H groups in total. The molecule has 1 atom stereocenters. The summed E-state index contributed by atoms with van der Waals surface area (Å²) in [5.74, 6) is 1.08. The monoisotopic (exact) mass is 341 g/mol. The second-order valence-corrected chi connectivity index (χ2v) is 8.53. The maximum absolute atomic E-state index is 12.7. The van der Waals surface area contributed by atoms with Gasteiger partial charge in [-0.05, 0) is 19.8 Å². The first kappa shape index (κ1) is 16.4. The van der Waals surface area contributed by atoms with Crippen LogP contribution in [0.3, 0.4) is 0 Å². The van der Waals surface area contributed by atoms with Crippen LogP contribution < -0.4 is 0 Å². The first-order valence-corrected chi connectivity index (χ1v) is 9.92. The third kappa shape index (κ3) is 3.28. The largest absolute Gasteiger partial charge is 0.361 e. The van der Waals surface area contributed by atoms with Gasteiger partial charge >= 0.3 is 0 Å². The van der Waals surface area contributed by atoms with Crippen LogP contribution in [-0.4, -0.2) is 73.0 Å². The standard InChI is InChI=1S/C15H23N3O4S/c1-3-13-14(11(2)22-16-13)15(19)18-7-5-17(6-8-18)12-4-9-23(20,21)10-12/h12H,3-10H2,1-2H3/t12-/m0/s1. The van der Waals surface area contributed by atoms with Crippen molar-refractivity contribution in [3.05, 3.63) is 17.0 Å². The van der Waals surface area contributed by atoms with Crippen LogP contribution in [0.5, 0.6) is 0 Å². The third-order valence-electron chi connectivity index (χ3n) is 4.81. The van der Waals surface area contributed by atoms with Crippen LogP contribution in [0.25, 0.3) is 0 Å². The maximum Gasteiger partial charge on any atom is 0.259 e. The lowest BCUT2D eigenvalue weighted by molar-refractivity contribution is 0.0585. The van der Waals surface area contributed by atoms with E-state index in [1.807, 2.05) is 11.8 Å². The fourth-order valence-electron chi connectivity index (χ4n) is 3.45. The molecular formula is C15H23N3O4S. The van der Waals surface area contributed by atoms with E-state index in [-0.39, 0.29) is 23.5 Å². The summed E-state index contributed by atoms with van der Waals surface area (Å²) in [5, 5.41) is 3.94. The highest BCUT2D eigenvalue weighted by Crippen LogP contribution is 2.21. The normalized spacial score (nSPS) is 25.0. The Bertz CT molecular complexity index is 690. The van der Waals surface area contributed by atoms with E-state index in [2.05, 4.69) is 10.1 Å². The van der Waals surface area contributed by atoms with E-state index in [0.717, 1.165) is 13.1 Å². The van der Waals surface area contributed by atoms with E-state index in [1.54, 1.807) is 6.92 Å². The van der Waals surface area contributed by atoms with Gasteiger partial charge in [0.1, 0.15) is 11.3 Å². The molecule has 0 saturated carbocycles. The van der Waals surface area contributed by atoms with Crippen molar-refractivity contribution < 1.29 is 17.7 Å². The number of carbonyl (C=O) groups is 1.